The number of carbonyl (C=O) groups excluding carboxylic acids is 1. The van der Waals surface area contributed by atoms with Gasteiger partial charge in [0.05, 0.1) is 11.7 Å². The first-order valence-corrected chi connectivity index (χ1v) is 7.42. The number of halogens is 1. The average Bonchev–Trinajstić information content (AvgIpc) is 3.13. The zero-order valence-corrected chi connectivity index (χ0v) is 12.8. The van der Waals surface area contributed by atoms with E-state index in [1.54, 1.807) is 12.3 Å². The van der Waals surface area contributed by atoms with Crippen molar-refractivity contribution in [3.8, 4) is 0 Å². The lowest BCUT2D eigenvalue weighted by molar-refractivity contribution is 0.0998. The minimum Gasteiger partial charge on any atom is -0.451 e. The third-order valence-electron chi connectivity index (χ3n) is 3.43. The molecule has 5 nitrogen and oxygen atoms in total. The number of rotatable bonds is 2. The molecule has 2 aromatic heterocycles. The summed E-state index contributed by atoms with van der Waals surface area (Å²) < 4.78 is 6.49. The van der Waals surface area contributed by atoms with Gasteiger partial charge >= 0.3 is 0 Å². The first kappa shape index (κ1) is 13.1. The van der Waals surface area contributed by atoms with Gasteiger partial charge in [-0.2, -0.15) is 5.10 Å². The molecule has 0 unspecified atom stereocenters. The van der Waals surface area contributed by atoms with Crippen LogP contribution in [0.2, 0.25) is 0 Å². The van der Waals surface area contributed by atoms with Gasteiger partial charge in [-0.05, 0) is 36.4 Å². The van der Waals surface area contributed by atoms with Crippen molar-refractivity contribution in [2.45, 2.75) is 0 Å². The van der Waals surface area contributed by atoms with E-state index in [0.717, 1.165) is 20.8 Å². The van der Waals surface area contributed by atoms with Gasteiger partial charge in [0.2, 0.25) is 0 Å². The molecule has 1 amide bonds. The fourth-order valence-electron chi connectivity index (χ4n) is 2.34. The zero-order chi connectivity index (χ0) is 15.1. The maximum Gasteiger partial charge on any atom is 0.291 e. The number of nitrogens with zero attached hydrogens (tertiary/aromatic N) is 1. The zero-order valence-electron chi connectivity index (χ0n) is 11.3. The van der Waals surface area contributed by atoms with E-state index < -0.39 is 0 Å². The highest BCUT2D eigenvalue weighted by molar-refractivity contribution is 9.10. The molecule has 4 rings (SSSR count). The van der Waals surface area contributed by atoms with Gasteiger partial charge in [0.25, 0.3) is 5.91 Å². The summed E-state index contributed by atoms with van der Waals surface area (Å²) in [6, 6.07) is 12.9. The van der Waals surface area contributed by atoms with Crippen LogP contribution in [0.25, 0.3) is 21.9 Å². The average molecular weight is 356 g/mol. The molecule has 0 saturated heterocycles. The Morgan fingerprint density at radius 3 is 3.00 bits per heavy atom. The fraction of sp³-hybridized carbons (Fsp3) is 0. The number of anilines is 1. The molecule has 0 fully saturated rings. The highest BCUT2D eigenvalue weighted by Crippen LogP contribution is 2.27. The molecule has 2 aromatic carbocycles. The Bertz CT molecular complexity index is 1000. The largest absolute Gasteiger partial charge is 0.451 e. The summed E-state index contributed by atoms with van der Waals surface area (Å²) in [5, 5.41) is 11.5. The number of hydrogen-bond acceptors (Lipinski definition) is 3. The minimum atomic E-state index is -0.290. The van der Waals surface area contributed by atoms with Crippen LogP contribution in [-0.2, 0) is 0 Å². The molecule has 0 saturated carbocycles. The monoisotopic (exact) mass is 355 g/mol. The summed E-state index contributed by atoms with van der Waals surface area (Å²) in [6.07, 6.45) is 1.73. The number of amides is 1. The van der Waals surface area contributed by atoms with Crippen LogP contribution in [0.15, 0.2) is 57.6 Å². The van der Waals surface area contributed by atoms with Gasteiger partial charge < -0.3 is 9.73 Å². The number of carbonyl (C=O) groups is 1. The number of nitrogens with one attached hydrogen (secondary N) is 2. The Kier molecular flexibility index (Phi) is 2.97. The van der Waals surface area contributed by atoms with Crippen LogP contribution in [0.3, 0.4) is 0 Å². The molecule has 0 radical (unpaired) electrons. The number of hydrogen-bond donors (Lipinski definition) is 2. The van der Waals surface area contributed by atoms with E-state index in [9.17, 15) is 4.79 Å². The predicted molar refractivity (Wildman–Crippen MR) is 88.0 cm³/mol. The Labute approximate surface area is 133 Å². The van der Waals surface area contributed by atoms with Crippen molar-refractivity contribution >= 4 is 49.4 Å². The van der Waals surface area contributed by atoms with E-state index in [0.29, 0.717) is 11.3 Å². The number of fused-ring (bicyclic) bond motifs is 2. The normalized spacial score (nSPS) is 11.1. The molecule has 0 atom stereocenters. The molecule has 4 aromatic rings. The van der Waals surface area contributed by atoms with Gasteiger partial charge in [-0.25, -0.2) is 0 Å². The number of benzene rings is 2. The molecule has 2 heterocycles. The fourth-order valence-corrected chi connectivity index (χ4v) is 2.81. The second-order valence-electron chi connectivity index (χ2n) is 4.89. The molecule has 0 aliphatic rings. The Morgan fingerprint density at radius 1 is 1.23 bits per heavy atom. The van der Waals surface area contributed by atoms with Crippen LogP contribution in [0.4, 0.5) is 5.69 Å². The third-order valence-corrected chi connectivity index (χ3v) is 4.12. The van der Waals surface area contributed by atoms with Gasteiger partial charge in [-0.3, -0.25) is 9.89 Å². The number of furan rings is 1. The van der Waals surface area contributed by atoms with Crippen LogP contribution in [0.1, 0.15) is 10.6 Å². The van der Waals surface area contributed by atoms with E-state index in [1.165, 1.54) is 0 Å². The lowest BCUT2D eigenvalue weighted by Gasteiger charge is -2.02. The Hall–Kier alpha value is -2.60. The molecule has 2 N–H and O–H groups in total. The van der Waals surface area contributed by atoms with Gasteiger partial charge in [-0.1, -0.05) is 22.0 Å². The van der Waals surface area contributed by atoms with E-state index >= 15 is 0 Å². The van der Waals surface area contributed by atoms with E-state index in [-0.39, 0.29) is 11.7 Å². The molecule has 108 valence electrons. The standard InChI is InChI=1S/C16H10BrN3O2/c17-12-2-1-3-14-11(12)7-15(22-14)16(21)19-10-5-4-9-8-18-20-13(9)6-10/h1-8H,(H,18,20)(H,19,21). The van der Waals surface area contributed by atoms with E-state index in [2.05, 4.69) is 31.4 Å². The highest BCUT2D eigenvalue weighted by Gasteiger charge is 2.14. The summed E-state index contributed by atoms with van der Waals surface area (Å²) in [5.41, 5.74) is 2.22. The third kappa shape index (κ3) is 2.17. The lowest BCUT2D eigenvalue weighted by atomic mass is 10.2. The summed E-state index contributed by atoms with van der Waals surface area (Å²) in [7, 11) is 0. The second-order valence-corrected chi connectivity index (χ2v) is 5.74. The molecular weight excluding hydrogens is 346 g/mol. The molecule has 0 aliphatic heterocycles. The molecule has 6 heteroatoms. The van der Waals surface area contributed by atoms with Crippen molar-refractivity contribution in [3.05, 3.63) is 58.9 Å². The van der Waals surface area contributed by atoms with Crippen LogP contribution < -0.4 is 5.32 Å². The summed E-state index contributed by atoms with van der Waals surface area (Å²) in [6.45, 7) is 0. The van der Waals surface area contributed by atoms with Crippen molar-refractivity contribution in [1.29, 1.82) is 0 Å². The second kappa shape index (κ2) is 4.99. The predicted octanol–water partition coefficient (Wildman–Crippen LogP) is 4.32. The summed E-state index contributed by atoms with van der Waals surface area (Å²) in [5.74, 6) is -0.0198. The van der Waals surface area contributed by atoms with Crippen LogP contribution in [-0.4, -0.2) is 16.1 Å². The first-order valence-electron chi connectivity index (χ1n) is 6.63. The number of H-pyrrole nitrogens is 1. The van der Waals surface area contributed by atoms with E-state index in [1.807, 2.05) is 36.4 Å². The van der Waals surface area contributed by atoms with Crippen molar-refractivity contribution in [1.82, 2.24) is 10.2 Å². The van der Waals surface area contributed by atoms with Crippen molar-refractivity contribution in [2.75, 3.05) is 5.32 Å². The molecule has 0 bridgehead atoms. The van der Waals surface area contributed by atoms with Gasteiger partial charge in [-0.15, -0.1) is 0 Å². The van der Waals surface area contributed by atoms with Gasteiger partial charge in [0.1, 0.15) is 5.58 Å². The molecule has 0 aliphatic carbocycles. The Balaban J connectivity index is 1.66. The maximum atomic E-state index is 12.3. The molecular formula is C16H10BrN3O2. The Morgan fingerprint density at radius 2 is 2.14 bits per heavy atom. The molecule has 0 spiro atoms. The smallest absolute Gasteiger partial charge is 0.291 e. The highest BCUT2D eigenvalue weighted by atomic mass is 79.9. The van der Waals surface area contributed by atoms with Crippen molar-refractivity contribution < 1.29 is 9.21 Å². The van der Waals surface area contributed by atoms with Crippen LogP contribution in [0, 0.1) is 0 Å². The van der Waals surface area contributed by atoms with Crippen molar-refractivity contribution in [2.24, 2.45) is 0 Å². The van der Waals surface area contributed by atoms with Crippen LogP contribution in [0.5, 0.6) is 0 Å². The quantitative estimate of drug-likeness (QED) is 0.562. The number of aromatic nitrogens is 2. The SMILES string of the molecule is O=C(Nc1ccc2cn[nH]c2c1)c1cc2c(Br)cccc2o1. The van der Waals surface area contributed by atoms with Gasteiger partial charge in [0.15, 0.2) is 5.76 Å². The molecule has 22 heavy (non-hydrogen) atoms. The topological polar surface area (TPSA) is 70.9 Å². The van der Waals surface area contributed by atoms with E-state index in [4.69, 9.17) is 4.42 Å². The summed E-state index contributed by atoms with van der Waals surface area (Å²) in [4.78, 5) is 12.3. The first-order chi connectivity index (χ1) is 10.7. The maximum absolute atomic E-state index is 12.3. The van der Waals surface area contributed by atoms with Crippen LogP contribution >= 0.6 is 15.9 Å². The minimum absolute atomic E-state index is 0.270. The number of aromatic amines is 1. The van der Waals surface area contributed by atoms with Crippen molar-refractivity contribution in [3.63, 3.8) is 0 Å². The lowest BCUT2D eigenvalue weighted by Crippen LogP contribution is -2.10. The summed E-state index contributed by atoms with van der Waals surface area (Å²) >= 11 is 3.45. The van der Waals surface area contributed by atoms with Gasteiger partial charge in [0, 0.05) is 20.9 Å².